The van der Waals surface area contributed by atoms with Gasteiger partial charge in [-0.1, -0.05) is 12.1 Å². The number of piperazine rings is 1. The predicted octanol–water partition coefficient (Wildman–Crippen LogP) is 3.53. The molecule has 0 unspecified atom stereocenters. The van der Waals surface area contributed by atoms with Crippen molar-refractivity contribution in [2.75, 3.05) is 52.4 Å². The molecule has 162 valence electrons. The number of carbonyl (C=O) groups is 1. The number of aromatic nitrogens is 1. The number of hydrogen-bond donors (Lipinski definition) is 0. The van der Waals surface area contributed by atoms with Gasteiger partial charge in [0.05, 0.1) is 21.3 Å². The van der Waals surface area contributed by atoms with E-state index in [0.717, 1.165) is 28.0 Å². The predicted molar refractivity (Wildman–Crippen MR) is 121 cm³/mol. The van der Waals surface area contributed by atoms with Crippen LogP contribution in [0, 0.1) is 6.92 Å². The van der Waals surface area contributed by atoms with Gasteiger partial charge in [-0.05, 0) is 36.8 Å². The topological polar surface area (TPSA) is 64.1 Å². The van der Waals surface area contributed by atoms with Gasteiger partial charge in [-0.2, -0.15) is 0 Å². The van der Waals surface area contributed by atoms with Gasteiger partial charge < -0.3 is 24.0 Å². The third-order valence-corrected chi connectivity index (χ3v) is 5.70. The highest BCUT2D eigenvalue weighted by molar-refractivity contribution is 5.95. The van der Waals surface area contributed by atoms with Crippen molar-refractivity contribution in [2.45, 2.75) is 6.92 Å². The van der Waals surface area contributed by atoms with Gasteiger partial charge >= 0.3 is 0 Å². The van der Waals surface area contributed by atoms with E-state index in [1.54, 1.807) is 39.5 Å². The van der Waals surface area contributed by atoms with Crippen LogP contribution in [-0.4, -0.2) is 63.3 Å². The Kier molecular flexibility index (Phi) is 5.84. The van der Waals surface area contributed by atoms with E-state index in [2.05, 4.69) is 24.0 Å². The molecule has 1 fully saturated rings. The molecule has 2 heterocycles. The van der Waals surface area contributed by atoms with Crippen LogP contribution in [0.2, 0.25) is 0 Å². The molecule has 0 N–H and O–H groups in total. The minimum atomic E-state index is -0.0267. The molecule has 1 saturated heterocycles. The van der Waals surface area contributed by atoms with Gasteiger partial charge in [0.25, 0.3) is 5.91 Å². The molecule has 1 aliphatic heterocycles. The largest absolute Gasteiger partial charge is 0.497 e. The lowest BCUT2D eigenvalue weighted by Gasteiger charge is -2.35. The molecule has 3 aromatic rings. The number of ether oxygens (including phenoxy) is 3. The maximum atomic E-state index is 13.1. The van der Waals surface area contributed by atoms with Crippen molar-refractivity contribution in [3.05, 3.63) is 53.6 Å². The Balaban J connectivity index is 1.52. The number of pyridine rings is 1. The molecule has 1 aliphatic rings. The first kappa shape index (κ1) is 20.8. The maximum absolute atomic E-state index is 13.1. The maximum Gasteiger partial charge on any atom is 0.254 e. The molecule has 0 spiro atoms. The fraction of sp³-hybridized carbons (Fsp3) is 0.333. The van der Waals surface area contributed by atoms with Crippen LogP contribution in [0.3, 0.4) is 0 Å². The van der Waals surface area contributed by atoms with Crippen molar-refractivity contribution in [1.29, 1.82) is 0 Å². The third-order valence-electron chi connectivity index (χ3n) is 5.70. The summed E-state index contributed by atoms with van der Waals surface area (Å²) in [5.41, 5.74) is 2.58. The summed E-state index contributed by atoms with van der Waals surface area (Å²) >= 11 is 0. The molecular formula is C24H27N3O4. The van der Waals surface area contributed by atoms with Crippen LogP contribution in [0.15, 0.2) is 42.5 Å². The van der Waals surface area contributed by atoms with Crippen molar-refractivity contribution in [1.82, 2.24) is 9.88 Å². The van der Waals surface area contributed by atoms with Crippen LogP contribution in [0.1, 0.15) is 15.9 Å². The number of methoxy groups -OCH3 is 3. The minimum Gasteiger partial charge on any atom is -0.497 e. The highest BCUT2D eigenvalue weighted by atomic mass is 16.5. The molecule has 31 heavy (non-hydrogen) atoms. The summed E-state index contributed by atoms with van der Waals surface area (Å²) in [6, 6.07) is 13.3. The van der Waals surface area contributed by atoms with Gasteiger partial charge in [-0.15, -0.1) is 0 Å². The Morgan fingerprint density at radius 3 is 2.19 bits per heavy atom. The standard InChI is InChI=1S/C24H27N3O4/c1-16-12-22(25-23-20(16)6-5-7-21(23)31-4)26-8-10-27(11-9-26)24(28)17-13-18(29-2)15-19(14-17)30-3/h5-7,12-15H,8-11H2,1-4H3. The summed E-state index contributed by atoms with van der Waals surface area (Å²) in [4.78, 5) is 22.0. The molecule has 0 bridgehead atoms. The lowest BCUT2D eigenvalue weighted by Crippen LogP contribution is -2.49. The summed E-state index contributed by atoms with van der Waals surface area (Å²) in [6.07, 6.45) is 0. The number of rotatable bonds is 5. The van der Waals surface area contributed by atoms with E-state index < -0.39 is 0 Å². The van der Waals surface area contributed by atoms with Crippen molar-refractivity contribution in [2.24, 2.45) is 0 Å². The first-order chi connectivity index (χ1) is 15.0. The lowest BCUT2D eigenvalue weighted by molar-refractivity contribution is 0.0745. The van der Waals surface area contributed by atoms with Crippen LogP contribution in [0.4, 0.5) is 5.82 Å². The van der Waals surface area contributed by atoms with Gasteiger partial charge in [0.2, 0.25) is 0 Å². The smallest absolute Gasteiger partial charge is 0.254 e. The number of carbonyl (C=O) groups excluding carboxylic acids is 1. The van der Waals surface area contributed by atoms with Crippen LogP contribution >= 0.6 is 0 Å². The molecule has 0 saturated carbocycles. The number of fused-ring (bicyclic) bond motifs is 1. The fourth-order valence-electron chi connectivity index (χ4n) is 3.95. The Hall–Kier alpha value is -3.48. The lowest BCUT2D eigenvalue weighted by atomic mass is 10.1. The zero-order chi connectivity index (χ0) is 22.0. The van der Waals surface area contributed by atoms with E-state index in [1.807, 2.05) is 17.0 Å². The van der Waals surface area contributed by atoms with E-state index in [9.17, 15) is 4.79 Å². The number of aryl methyl sites for hydroxylation is 1. The molecule has 0 atom stereocenters. The average Bonchev–Trinajstić information content (AvgIpc) is 2.82. The second-order valence-electron chi connectivity index (χ2n) is 7.53. The third kappa shape index (κ3) is 4.08. The number of amides is 1. The zero-order valence-corrected chi connectivity index (χ0v) is 18.3. The number of anilines is 1. The van der Waals surface area contributed by atoms with Gasteiger partial charge in [-0.3, -0.25) is 4.79 Å². The second-order valence-corrected chi connectivity index (χ2v) is 7.53. The normalized spacial score (nSPS) is 13.9. The van der Waals surface area contributed by atoms with Gasteiger partial charge in [0, 0.05) is 43.2 Å². The monoisotopic (exact) mass is 421 g/mol. The Bertz CT molecular complexity index is 1090. The average molecular weight is 421 g/mol. The first-order valence-electron chi connectivity index (χ1n) is 10.3. The van der Waals surface area contributed by atoms with Crippen molar-refractivity contribution in [3.8, 4) is 17.2 Å². The molecule has 1 aromatic heterocycles. The van der Waals surface area contributed by atoms with Crippen LogP contribution < -0.4 is 19.1 Å². The summed E-state index contributed by atoms with van der Waals surface area (Å²) in [6.45, 7) is 4.73. The molecular weight excluding hydrogens is 394 g/mol. The van der Waals surface area contributed by atoms with E-state index in [4.69, 9.17) is 19.2 Å². The summed E-state index contributed by atoms with van der Waals surface area (Å²) < 4.78 is 16.1. The zero-order valence-electron chi connectivity index (χ0n) is 18.3. The SMILES string of the molecule is COc1cc(OC)cc(C(=O)N2CCN(c3cc(C)c4cccc(OC)c4n3)CC2)c1. The van der Waals surface area contributed by atoms with Crippen LogP contribution in [0.25, 0.3) is 10.9 Å². The summed E-state index contributed by atoms with van der Waals surface area (Å²) in [7, 11) is 4.82. The highest BCUT2D eigenvalue weighted by Crippen LogP contribution is 2.30. The van der Waals surface area contributed by atoms with Crippen molar-refractivity contribution < 1.29 is 19.0 Å². The summed E-state index contributed by atoms with van der Waals surface area (Å²) in [5.74, 6) is 2.85. The molecule has 4 rings (SSSR count). The van der Waals surface area contributed by atoms with E-state index in [-0.39, 0.29) is 5.91 Å². The molecule has 1 amide bonds. The van der Waals surface area contributed by atoms with E-state index >= 15 is 0 Å². The number of benzene rings is 2. The molecule has 2 aromatic carbocycles. The fourth-order valence-corrected chi connectivity index (χ4v) is 3.95. The Labute approximate surface area is 182 Å². The van der Waals surface area contributed by atoms with Crippen LogP contribution in [-0.2, 0) is 0 Å². The summed E-state index contributed by atoms with van der Waals surface area (Å²) in [5, 5.41) is 1.09. The van der Waals surface area contributed by atoms with Gasteiger partial charge in [-0.25, -0.2) is 4.98 Å². The first-order valence-corrected chi connectivity index (χ1v) is 10.3. The number of para-hydroxylation sites is 1. The molecule has 0 aliphatic carbocycles. The van der Waals surface area contributed by atoms with Gasteiger partial charge in [0.1, 0.15) is 28.6 Å². The molecule has 7 nitrogen and oxygen atoms in total. The van der Waals surface area contributed by atoms with E-state index in [0.29, 0.717) is 43.2 Å². The quantitative estimate of drug-likeness (QED) is 0.628. The highest BCUT2D eigenvalue weighted by Gasteiger charge is 2.24. The van der Waals surface area contributed by atoms with E-state index in [1.165, 1.54) is 0 Å². The van der Waals surface area contributed by atoms with Crippen LogP contribution in [0.5, 0.6) is 17.2 Å². The Morgan fingerprint density at radius 2 is 1.58 bits per heavy atom. The molecule has 7 heteroatoms. The second kappa shape index (κ2) is 8.71. The molecule has 0 radical (unpaired) electrons. The van der Waals surface area contributed by atoms with Gasteiger partial charge in [0.15, 0.2) is 0 Å². The van der Waals surface area contributed by atoms with Crippen molar-refractivity contribution >= 4 is 22.6 Å². The number of nitrogens with zero attached hydrogens (tertiary/aromatic N) is 3. The number of hydrogen-bond acceptors (Lipinski definition) is 6. The van der Waals surface area contributed by atoms with Crippen molar-refractivity contribution in [3.63, 3.8) is 0 Å². The minimum absolute atomic E-state index is 0.0267. The Morgan fingerprint density at radius 1 is 0.903 bits per heavy atom.